The molecule has 0 radical (unpaired) electrons. The predicted octanol–water partition coefficient (Wildman–Crippen LogP) is 4.85. The number of aromatic nitrogens is 1. The van der Waals surface area contributed by atoms with Gasteiger partial charge in [-0.1, -0.05) is 30.0 Å². The van der Waals surface area contributed by atoms with Crippen LogP contribution in [-0.4, -0.2) is 48.2 Å². The van der Waals surface area contributed by atoms with Crippen LogP contribution in [0, 0.1) is 23.7 Å². The van der Waals surface area contributed by atoms with E-state index in [9.17, 15) is 4.79 Å². The largest absolute Gasteiger partial charge is 0.473 e. The molecule has 5 fully saturated rings. The summed E-state index contributed by atoms with van der Waals surface area (Å²) in [5, 5.41) is 7.55. The first-order chi connectivity index (χ1) is 16.2. The van der Waals surface area contributed by atoms with E-state index in [0.29, 0.717) is 29.2 Å². The van der Waals surface area contributed by atoms with Crippen LogP contribution < -0.4 is 10.1 Å². The first-order valence-corrected chi connectivity index (χ1v) is 13.4. The van der Waals surface area contributed by atoms with E-state index in [1.807, 2.05) is 30.3 Å². The van der Waals surface area contributed by atoms with Crippen LogP contribution in [0.5, 0.6) is 5.88 Å². The van der Waals surface area contributed by atoms with Crippen molar-refractivity contribution in [3.05, 3.63) is 36.1 Å². The summed E-state index contributed by atoms with van der Waals surface area (Å²) in [5.74, 6) is 3.57. The SMILES string of the molecule is O=C(NC1C2CC3CC(C2)CC1C3)c1onc(OCCN2CCCC2)c1Sc1ccccc1. The van der Waals surface area contributed by atoms with Gasteiger partial charge in [0.25, 0.3) is 11.8 Å². The van der Waals surface area contributed by atoms with Crippen molar-refractivity contribution < 1.29 is 14.1 Å². The fraction of sp³-hybridized carbons (Fsp3) is 0.615. The molecule has 2 heterocycles. The van der Waals surface area contributed by atoms with Gasteiger partial charge in [0.05, 0.1) is 0 Å². The second kappa shape index (κ2) is 9.34. The number of rotatable bonds is 8. The Morgan fingerprint density at radius 3 is 2.45 bits per heavy atom. The summed E-state index contributed by atoms with van der Waals surface area (Å²) in [5.41, 5.74) is 0. The number of nitrogens with one attached hydrogen (secondary N) is 1. The van der Waals surface area contributed by atoms with Crippen molar-refractivity contribution in [3.63, 3.8) is 0 Å². The van der Waals surface area contributed by atoms with Gasteiger partial charge in [-0.25, -0.2) is 0 Å². The first kappa shape index (κ1) is 21.5. The number of hydrogen-bond donors (Lipinski definition) is 1. The molecule has 33 heavy (non-hydrogen) atoms. The van der Waals surface area contributed by atoms with Gasteiger partial charge < -0.3 is 14.6 Å². The number of hydrogen-bond acceptors (Lipinski definition) is 6. The third-order valence-electron chi connectivity index (χ3n) is 8.16. The molecule has 7 rings (SSSR count). The van der Waals surface area contributed by atoms with Gasteiger partial charge in [-0.15, -0.1) is 0 Å². The second-order valence-corrected chi connectivity index (χ2v) is 11.5. The molecule has 0 unspecified atom stereocenters. The molecule has 176 valence electrons. The number of nitrogens with zero attached hydrogens (tertiary/aromatic N) is 2. The van der Waals surface area contributed by atoms with Gasteiger partial charge in [0.1, 0.15) is 11.5 Å². The molecule has 4 saturated carbocycles. The van der Waals surface area contributed by atoms with Crippen molar-refractivity contribution in [2.45, 2.75) is 60.8 Å². The fourth-order valence-corrected chi connectivity index (χ4v) is 7.79. The van der Waals surface area contributed by atoms with E-state index in [1.54, 1.807) is 0 Å². The molecule has 0 atom stereocenters. The Labute approximate surface area is 199 Å². The van der Waals surface area contributed by atoms with Gasteiger partial charge in [-0.3, -0.25) is 9.69 Å². The lowest BCUT2D eigenvalue weighted by Gasteiger charge is -2.54. The molecule has 4 aliphatic carbocycles. The third-order valence-corrected chi connectivity index (χ3v) is 9.23. The number of likely N-dealkylation sites (tertiary alicyclic amines) is 1. The van der Waals surface area contributed by atoms with Gasteiger partial charge in [0.2, 0.25) is 5.76 Å². The lowest BCUT2D eigenvalue weighted by molar-refractivity contribution is -0.0124. The van der Waals surface area contributed by atoms with Crippen LogP contribution in [0.4, 0.5) is 0 Å². The number of carbonyl (C=O) groups excluding carboxylic acids is 1. The molecule has 2 aromatic rings. The van der Waals surface area contributed by atoms with E-state index in [0.717, 1.165) is 36.4 Å². The Hall–Kier alpha value is -1.99. The van der Waals surface area contributed by atoms with Gasteiger partial charge in [0.15, 0.2) is 0 Å². The zero-order chi connectivity index (χ0) is 22.2. The first-order valence-electron chi connectivity index (χ1n) is 12.6. The Morgan fingerprint density at radius 1 is 1.06 bits per heavy atom. The average molecular weight is 468 g/mol. The lowest BCUT2D eigenvalue weighted by Crippen LogP contribution is -2.55. The average Bonchev–Trinajstić information content (AvgIpc) is 3.47. The molecular weight excluding hydrogens is 434 g/mol. The molecule has 1 saturated heterocycles. The van der Waals surface area contributed by atoms with E-state index >= 15 is 0 Å². The van der Waals surface area contributed by atoms with Crippen molar-refractivity contribution in [1.29, 1.82) is 0 Å². The highest BCUT2D eigenvalue weighted by molar-refractivity contribution is 7.99. The van der Waals surface area contributed by atoms with E-state index in [1.165, 1.54) is 56.7 Å². The maximum atomic E-state index is 13.4. The summed E-state index contributed by atoms with van der Waals surface area (Å²) >= 11 is 1.49. The van der Waals surface area contributed by atoms with Crippen LogP contribution in [0.1, 0.15) is 55.5 Å². The van der Waals surface area contributed by atoms with Gasteiger partial charge in [0, 0.05) is 17.5 Å². The monoisotopic (exact) mass is 467 g/mol. The number of benzene rings is 1. The fourth-order valence-electron chi connectivity index (χ4n) is 6.86. The number of amides is 1. The smallest absolute Gasteiger partial charge is 0.291 e. The molecule has 1 aromatic heterocycles. The maximum Gasteiger partial charge on any atom is 0.291 e. The molecule has 4 bridgehead atoms. The van der Waals surface area contributed by atoms with Crippen LogP contribution in [0.15, 0.2) is 44.6 Å². The third kappa shape index (κ3) is 4.54. The molecular formula is C26H33N3O3S. The minimum absolute atomic E-state index is 0.146. The summed E-state index contributed by atoms with van der Waals surface area (Å²) in [6, 6.07) is 10.3. The molecule has 1 amide bonds. The molecule has 0 spiro atoms. The van der Waals surface area contributed by atoms with Crippen LogP contribution in [0.3, 0.4) is 0 Å². The van der Waals surface area contributed by atoms with Crippen molar-refractivity contribution >= 4 is 17.7 Å². The highest BCUT2D eigenvalue weighted by atomic mass is 32.2. The topological polar surface area (TPSA) is 67.6 Å². The Morgan fingerprint density at radius 2 is 1.76 bits per heavy atom. The van der Waals surface area contributed by atoms with Crippen LogP contribution in [-0.2, 0) is 0 Å². The summed E-state index contributed by atoms with van der Waals surface area (Å²) in [7, 11) is 0. The Kier molecular flexibility index (Phi) is 6.09. The molecule has 1 N–H and O–H groups in total. The second-order valence-electron chi connectivity index (χ2n) is 10.4. The van der Waals surface area contributed by atoms with Crippen LogP contribution in [0.25, 0.3) is 0 Å². The maximum absolute atomic E-state index is 13.4. The quantitative estimate of drug-likeness (QED) is 0.598. The van der Waals surface area contributed by atoms with Gasteiger partial charge >= 0.3 is 0 Å². The zero-order valence-electron chi connectivity index (χ0n) is 19.1. The molecule has 1 aromatic carbocycles. The molecule has 6 nitrogen and oxygen atoms in total. The number of carbonyl (C=O) groups is 1. The highest BCUT2D eigenvalue weighted by Crippen LogP contribution is 2.53. The minimum atomic E-state index is -0.146. The minimum Gasteiger partial charge on any atom is -0.473 e. The van der Waals surface area contributed by atoms with Crippen LogP contribution in [0.2, 0.25) is 0 Å². The predicted molar refractivity (Wildman–Crippen MR) is 127 cm³/mol. The Balaban J connectivity index is 1.18. The van der Waals surface area contributed by atoms with Crippen molar-refractivity contribution in [1.82, 2.24) is 15.4 Å². The summed E-state index contributed by atoms with van der Waals surface area (Å²) in [4.78, 5) is 17.5. The van der Waals surface area contributed by atoms with Gasteiger partial charge in [-0.05, 0) is 99.0 Å². The molecule has 5 aliphatic rings. The molecule has 7 heteroatoms. The summed E-state index contributed by atoms with van der Waals surface area (Å²) in [6.45, 7) is 3.68. The van der Waals surface area contributed by atoms with E-state index in [4.69, 9.17) is 9.26 Å². The summed E-state index contributed by atoms with van der Waals surface area (Å²) < 4.78 is 11.7. The van der Waals surface area contributed by atoms with Gasteiger partial charge in [-0.2, -0.15) is 0 Å². The van der Waals surface area contributed by atoms with Crippen molar-refractivity contribution in [3.8, 4) is 5.88 Å². The van der Waals surface area contributed by atoms with Crippen LogP contribution >= 0.6 is 11.8 Å². The Bertz CT molecular complexity index is 944. The number of ether oxygens (including phenoxy) is 1. The van der Waals surface area contributed by atoms with Crippen molar-refractivity contribution in [2.24, 2.45) is 23.7 Å². The highest BCUT2D eigenvalue weighted by Gasteiger charge is 2.49. The van der Waals surface area contributed by atoms with Crippen molar-refractivity contribution in [2.75, 3.05) is 26.2 Å². The van der Waals surface area contributed by atoms with E-state index in [2.05, 4.69) is 15.4 Å². The normalized spacial score (nSPS) is 30.6. The van der Waals surface area contributed by atoms with E-state index < -0.39 is 0 Å². The lowest BCUT2D eigenvalue weighted by atomic mass is 9.54. The molecule has 1 aliphatic heterocycles. The zero-order valence-corrected chi connectivity index (χ0v) is 19.9. The standard InChI is InChI=1S/C26H33N3O3S/c30-25(27-22-19-13-17-12-18(15-19)16-20(22)14-17)23-24(33-21-6-2-1-3-7-21)26(28-32-23)31-11-10-29-8-4-5-9-29/h1-3,6-7,17-20,22H,4-5,8-16H2,(H,27,30). The summed E-state index contributed by atoms with van der Waals surface area (Å²) in [6.07, 6.45) is 9.00. The van der Waals surface area contributed by atoms with E-state index in [-0.39, 0.29) is 17.7 Å².